The number of amides is 2. The molecule has 0 radical (unpaired) electrons. The van der Waals surface area contributed by atoms with Gasteiger partial charge in [0.2, 0.25) is 0 Å². The smallest absolute Gasteiger partial charge is 0.321 e. The van der Waals surface area contributed by atoms with Gasteiger partial charge in [0.1, 0.15) is 0 Å². The summed E-state index contributed by atoms with van der Waals surface area (Å²) >= 11 is 4.89. The van der Waals surface area contributed by atoms with E-state index < -0.39 is 0 Å². The molecule has 18 heavy (non-hydrogen) atoms. The summed E-state index contributed by atoms with van der Waals surface area (Å²) in [6.45, 7) is 5.80. The average Bonchev–Trinajstić information content (AvgIpc) is 2.58. The third kappa shape index (κ3) is 3.20. The minimum atomic E-state index is -0.263. The van der Waals surface area contributed by atoms with Gasteiger partial charge in [0, 0.05) is 10.0 Å². The van der Waals surface area contributed by atoms with Gasteiger partial charge in [-0.25, -0.2) is 9.78 Å². The number of carbonyl (C=O) groups excluding carboxylic acids is 1. The molecule has 4 nitrogen and oxygen atoms in total. The number of benzene rings is 1. The fourth-order valence-electron chi connectivity index (χ4n) is 1.44. The summed E-state index contributed by atoms with van der Waals surface area (Å²) in [4.78, 5) is 16.1. The molecule has 1 aromatic heterocycles. The van der Waals surface area contributed by atoms with Crippen molar-refractivity contribution < 1.29 is 4.79 Å². The fourth-order valence-corrected chi connectivity index (χ4v) is 2.91. The van der Waals surface area contributed by atoms with Crippen LogP contribution >= 0.6 is 27.3 Å². The summed E-state index contributed by atoms with van der Waals surface area (Å²) in [5.74, 6) is 0. The predicted molar refractivity (Wildman–Crippen MR) is 79.2 cm³/mol. The molecule has 2 amide bonds. The summed E-state index contributed by atoms with van der Waals surface area (Å²) < 4.78 is 1.97. The molecule has 6 heteroatoms. The minimum Gasteiger partial charge on any atom is -0.333 e. The second kappa shape index (κ2) is 4.85. The highest BCUT2D eigenvalue weighted by Gasteiger charge is 2.15. The molecule has 1 heterocycles. The summed E-state index contributed by atoms with van der Waals surface area (Å²) in [5.41, 5.74) is 0.606. The number of para-hydroxylation sites is 1. The number of aromatic nitrogens is 1. The van der Waals surface area contributed by atoms with Crippen molar-refractivity contribution in [1.82, 2.24) is 10.3 Å². The van der Waals surface area contributed by atoms with Crippen LogP contribution in [0, 0.1) is 0 Å². The first kappa shape index (κ1) is 13.3. The van der Waals surface area contributed by atoms with Gasteiger partial charge in [0.25, 0.3) is 0 Å². The van der Waals surface area contributed by atoms with E-state index >= 15 is 0 Å². The highest BCUT2D eigenvalue weighted by molar-refractivity contribution is 9.10. The highest BCUT2D eigenvalue weighted by Crippen LogP contribution is 2.30. The number of nitrogens with zero attached hydrogens (tertiary/aromatic N) is 1. The maximum Gasteiger partial charge on any atom is 0.321 e. The summed E-state index contributed by atoms with van der Waals surface area (Å²) in [7, 11) is 0. The number of hydrogen-bond donors (Lipinski definition) is 2. The first-order valence-corrected chi connectivity index (χ1v) is 7.10. The monoisotopic (exact) mass is 327 g/mol. The van der Waals surface area contributed by atoms with Gasteiger partial charge >= 0.3 is 6.03 Å². The van der Waals surface area contributed by atoms with E-state index in [2.05, 4.69) is 31.5 Å². The normalized spacial score (nSPS) is 11.6. The van der Waals surface area contributed by atoms with Gasteiger partial charge in [-0.1, -0.05) is 17.4 Å². The molecular weight excluding hydrogens is 314 g/mol. The number of thiazole rings is 1. The van der Waals surface area contributed by atoms with E-state index in [1.54, 1.807) is 0 Å². The number of halogens is 1. The first-order chi connectivity index (χ1) is 8.35. The van der Waals surface area contributed by atoms with Gasteiger partial charge in [-0.05, 0) is 48.8 Å². The lowest BCUT2D eigenvalue weighted by Crippen LogP contribution is -2.43. The van der Waals surface area contributed by atoms with Crippen LogP contribution in [-0.4, -0.2) is 16.6 Å². The van der Waals surface area contributed by atoms with Crippen molar-refractivity contribution in [2.24, 2.45) is 0 Å². The van der Waals surface area contributed by atoms with Crippen LogP contribution in [0.3, 0.4) is 0 Å². The van der Waals surface area contributed by atoms with E-state index in [0.717, 1.165) is 14.7 Å². The zero-order chi connectivity index (χ0) is 13.3. The second-order valence-electron chi connectivity index (χ2n) is 4.93. The number of rotatable bonds is 1. The largest absolute Gasteiger partial charge is 0.333 e. The van der Waals surface area contributed by atoms with E-state index in [1.165, 1.54) is 11.3 Å². The Hall–Kier alpha value is -1.14. The Bertz CT molecular complexity index is 589. The minimum absolute atomic E-state index is 0.238. The van der Waals surface area contributed by atoms with Gasteiger partial charge in [0.05, 0.1) is 10.2 Å². The molecule has 0 unspecified atom stereocenters. The van der Waals surface area contributed by atoms with Gasteiger partial charge in [-0.15, -0.1) is 0 Å². The average molecular weight is 328 g/mol. The third-order valence-electron chi connectivity index (χ3n) is 2.08. The Balaban J connectivity index is 2.18. The van der Waals surface area contributed by atoms with Crippen molar-refractivity contribution in [3.05, 3.63) is 22.7 Å². The molecule has 2 aromatic rings. The Morgan fingerprint density at radius 2 is 2.11 bits per heavy atom. The number of fused-ring (bicyclic) bond motifs is 1. The zero-order valence-electron chi connectivity index (χ0n) is 10.4. The van der Waals surface area contributed by atoms with Crippen LogP contribution in [0.2, 0.25) is 0 Å². The second-order valence-corrected chi connectivity index (χ2v) is 6.82. The molecule has 0 saturated heterocycles. The van der Waals surface area contributed by atoms with E-state index in [4.69, 9.17) is 0 Å². The molecule has 2 rings (SSSR count). The quantitative estimate of drug-likeness (QED) is 0.832. The Morgan fingerprint density at radius 3 is 2.72 bits per heavy atom. The fraction of sp³-hybridized carbons (Fsp3) is 0.333. The molecule has 96 valence electrons. The lowest BCUT2D eigenvalue weighted by atomic mass is 10.1. The van der Waals surface area contributed by atoms with Crippen molar-refractivity contribution in [2.45, 2.75) is 26.3 Å². The molecule has 0 saturated carbocycles. The van der Waals surface area contributed by atoms with Crippen LogP contribution in [0.1, 0.15) is 20.8 Å². The molecule has 0 spiro atoms. The molecule has 0 aliphatic heterocycles. The molecule has 0 fully saturated rings. The van der Waals surface area contributed by atoms with E-state index in [1.807, 2.05) is 39.0 Å². The maximum absolute atomic E-state index is 11.7. The first-order valence-electron chi connectivity index (χ1n) is 5.49. The van der Waals surface area contributed by atoms with Crippen molar-refractivity contribution in [1.29, 1.82) is 0 Å². The highest BCUT2D eigenvalue weighted by atomic mass is 79.9. The van der Waals surface area contributed by atoms with Crippen molar-refractivity contribution >= 4 is 48.6 Å². The van der Waals surface area contributed by atoms with Gasteiger partial charge < -0.3 is 5.32 Å². The van der Waals surface area contributed by atoms with Crippen LogP contribution < -0.4 is 10.6 Å². The topological polar surface area (TPSA) is 54.0 Å². The van der Waals surface area contributed by atoms with Crippen LogP contribution in [0.25, 0.3) is 10.2 Å². The van der Waals surface area contributed by atoms with Crippen LogP contribution in [-0.2, 0) is 0 Å². The Kier molecular flexibility index (Phi) is 3.59. The molecular formula is C12H14BrN3OS. The molecule has 0 aliphatic carbocycles. The molecule has 1 aromatic carbocycles. The number of urea groups is 1. The lowest BCUT2D eigenvalue weighted by Gasteiger charge is -2.19. The molecule has 0 aliphatic rings. The SMILES string of the molecule is CC(C)(C)NC(=O)Nc1nc2c(Br)cccc2s1. The molecule has 0 atom stereocenters. The van der Waals surface area contributed by atoms with Gasteiger partial charge in [-0.3, -0.25) is 5.32 Å². The number of anilines is 1. The van der Waals surface area contributed by atoms with Gasteiger partial charge in [-0.2, -0.15) is 0 Å². The predicted octanol–water partition coefficient (Wildman–Crippen LogP) is 3.98. The van der Waals surface area contributed by atoms with Gasteiger partial charge in [0.15, 0.2) is 5.13 Å². The molecule has 2 N–H and O–H groups in total. The summed E-state index contributed by atoms with van der Waals surface area (Å²) in [5, 5.41) is 6.18. The number of carbonyl (C=O) groups is 1. The molecule has 0 bridgehead atoms. The standard InChI is InChI=1S/C12H14BrN3OS/c1-12(2,3)16-10(17)15-11-14-9-7(13)5-4-6-8(9)18-11/h4-6H,1-3H3,(H2,14,15,16,17). The summed E-state index contributed by atoms with van der Waals surface area (Å²) in [6, 6.07) is 5.62. The number of nitrogens with one attached hydrogen (secondary N) is 2. The van der Waals surface area contributed by atoms with E-state index in [9.17, 15) is 4.79 Å². The zero-order valence-corrected chi connectivity index (χ0v) is 12.8. The van der Waals surface area contributed by atoms with E-state index in [-0.39, 0.29) is 11.6 Å². The maximum atomic E-state index is 11.7. The van der Waals surface area contributed by atoms with Crippen molar-refractivity contribution in [3.8, 4) is 0 Å². The van der Waals surface area contributed by atoms with Crippen LogP contribution in [0.15, 0.2) is 22.7 Å². The Labute approximate surface area is 118 Å². The number of hydrogen-bond acceptors (Lipinski definition) is 3. The Morgan fingerprint density at radius 1 is 1.39 bits per heavy atom. The lowest BCUT2D eigenvalue weighted by molar-refractivity contribution is 0.244. The summed E-state index contributed by atoms with van der Waals surface area (Å²) in [6.07, 6.45) is 0. The van der Waals surface area contributed by atoms with Crippen LogP contribution in [0.5, 0.6) is 0 Å². The van der Waals surface area contributed by atoms with Crippen LogP contribution in [0.4, 0.5) is 9.93 Å². The third-order valence-corrected chi connectivity index (χ3v) is 3.65. The van der Waals surface area contributed by atoms with E-state index in [0.29, 0.717) is 5.13 Å². The van der Waals surface area contributed by atoms with Crippen molar-refractivity contribution in [2.75, 3.05) is 5.32 Å². The van der Waals surface area contributed by atoms with Crippen molar-refractivity contribution in [3.63, 3.8) is 0 Å².